The zero-order chi connectivity index (χ0) is 17.5. The van der Waals surface area contributed by atoms with Crippen molar-refractivity contribution in [2.75, 3.05) is 13.2 Å². The fourth-order valence-corrected chi connectivity index (χ4v) is 2.54. The predicted molar refractivity (Wildman–Crippen MR) is 97.2 cm³/mol. The molecule has 1 N–H and O–H groups in total. The first-order valence-electron chi connectivity index (χ1n) is 8.32. The first-order chi connectivity index (χ1) is 12.3. The molecule has 3 aromatic rings. The number of aromatic nitrogens is 2. The van der Waals surface area contributed by atoms with Gasteiger partial charge in [0.2, 0.25) is 0 Å². The molecule has 0 aliphatic rings. The molecule has 0 aliphatic heterocycles. The number of nitrogens with one attached hydrogen (secondary N) is 1. The molecule has 0 unspecified atom stereocenters. The van der Waals surface area contributed by atoms with Crippen molar-refractivity contribution in [2.24, 2.45) is 0 Å². The summed E-state index contributed by atoms with van der Waals surface area (Å²) < 4.78 is 7.38. The molecule has 128 valence electrons. The van der Waals surface area contributed by atoms with Crippen LogP contribution in [0.5, 0.6) is 5.75 Å². The summed E-state index contributed by atoms with van der Waals surface area (Å²) in [5.74, 6) is 0.730. The smallest absolute Gasteiger partial charge is 0.254 e. The highest BCUT2D eigenvalue weighted by atomic mass is 16.5. The van der Waals surface area contributed by atoms with Crippen LogP contribution in [-0.4, -0.2) is 28.8 Å². The number of rotatable bonds is 7. The van der Waals surface area contributed by atoms with Gasteiger partial charge in [0.1, 0.15) is 5.75 Å². The van der Waals surface area contributed by atoms with Crippen molar-refractivity contribution in [3.05, 3.63) is 78.1 Å². The average molecular weight is 335 g/mol. The summed E-state index contributed by atoms with van der Waals surface area (Å²) in [6.45, 7) is 3.02. The van der Waals surface area contributed by atoms with E-state index in [9.17, 15) is 4.79 Å². The van der Waals surface area contributed by atoms with Gasteiger partial charge in [-0.25, -0.2) is 4.68 Å². The average Bonchev–Trinajstić information content (AvgIpc) is 3.04. The fourth-order valence-electron chi connectivity index (χ4n) is 2.54. The summed E-state index contributed by atoms with van der Waals surface area (Å²) in [5.41, 5.74) is 2.35. The molecular formula is C20H21N3O2. The molecule has 1 heterocycles. The van der Waals surface area contributed by atoms with Crippen molar-refractivity contribution >= 4 is 5.91 Å². The van der Waals surface area contributed by atoms with Gasteiger partial charge < -0.3 is 10.1 Å². The van der Waals surface area contributed by atoms with E-state index in [4.69, 9.17) is 4.74 Å². The summed E-state index contributed by atoms with van der Waals surface area (Å²) in [6, 6.07) is 19.4. The lowest BCUT2D eigenvalue weighted by Gasteiger charge is -2.08. The van der Waals surface area contributed by atoms with Crippen LogP contribution in [0.4, 0.5) is 0 Å². The minimum absolute atomic E-state index is 0.112. The maximum atomic E-state index is 12.3. The molecule has 3 rings (SSSR count). The third kappa shape index (κ3) is 4.26. The molecule has 0 saturated carbocycles. The summed E-state index contributed by atoms with van der Waals surface area (Å²) in [5, 5.41) is 7.24. The van der Waals surface area contributed by atoms with Crippen molar-refractivity contribution in [2.45, 2.75) is 13.3 Å². The number of carbonyl (C=O) groups is 1. The molecule has 0 fully saturated rings. The molecule has 0 saturated heterocycles. The number of para-hydroxylation sites is 2. The van der Waals surface area contributed by atoms with Gasteiger partial charge in [0.15, 0.2) is 0 Å². The van der Waals surface area contributed by atoms with Gasteiger partial charge in [0.25, 0.3) is 5.91 Å². The SMILES string of the molecule is Cc1c(C(=O)NCCCOc2ccccc2)cnn1-c1ccccc1. The molecule has 1 aromatic heterocycles. The number of ether oxygens (including phenoxy) is 1. The molecule has 0 spiro atoms. The van der Waals surface area contributed by atoms with E-state index in [2.05, 4.69) is 10.4 Å². The van der Waals surface area contributed by atoms with E-state index >= 15 is 0 Å². The minimum atomic E-state index is -0.112. The minimum Gasteiger partial charge on any atom is -0.494 e. The Morgan fingerprint density at radius 1 is 1.08 bits per heavy atom. The first kappa shape index (κ1) is 16.8. The Balaban J connectivity index is 1.50. The zero-order valence-electron chi connectivity index (χ0n) is 14.2. The predicted octanol–water partition coefficient (Wildman–Crippen LogP) is 3.38. The molecule has 1 amide bonds. The van der Waals surface area contributed by atoms with Crippen LogP contribution in [0.3, 0.4) is 0 Å². The maximum Gasteiger partial charge on any atom is 0.254 e. The first-order valence-corrected chi connectivity index (χ1v) is 8.32. The third-order valence-corrected chi connectivity index (χ3v) is 3.87. The van der Waals surface area contributed by atoms with Crippen LogP contribution in [0, 0.1) is 6.92 Å². The molecule has 2 aromatic carbocycles. The molecule has 5 nitrogen and oxygen atoms in total. The molecule has 0 radical (unpaired) electrons. The Kier molecular flexibility index (Phi) is 5.46. The number of hydrogen-bond donors (Lipinski definition) is 1. The van der Waals surface area contributed by atoms with Crippen LogP contribution in [0.2, 0.25) is 0 Å². The highest BCUT2D eigenvalue weighted by Crippen LogP contribution is 2.13. The van der Waals surface area contributed by atoms with Gasteiger partial charge in [-0.2, -0.15) is 5.10 Å². The Labute approximate surface area is 147 Å². The molecule has 0 atom stereocenters. The van der Waals surface area contributed by atoms with Gasteiger partial charge in [-0.15, -0.1) is 0 Å². The van der Waals surface area contributed by atoms with Crippen molar-refractivity contribution in [3.8, 4) is 11.4 Å². The third-order valence-electron chi connectivity index (χ3n) is 3.87. The lowest BCUT2D eigenvalue weighted by atomic mass is 10.2. The molecular weight excluding hydrogens is 314 g/mol. The maximum absolute atomic E-state index is 12.3. The highest BCUT2D eigenvalue weighted by Gasteiger charge is 2.14. The van der Waals surface area contributed by atoms with Crippen molar-refractivity contribution < 1.29 is 9.53 Å². The Morgan fingerprint density at radius 3 is 2.48 bits per heavy atom. The summed E-state index contributed by atoms with van der Waals surface area (Å²) >= 11 is 0. The van der Waals surface area contributed by atoms with E-state index in [1.807, 2.05) is 67.6 Å². The second-order valence-electron chi connectivity index (χ2n) is 5.66. The monoisotopic (exact) mass is 335 g/mol. The number of hydrogen-bond acceptors (Lipinski definition) is 3. The Morgan fingerprint density at radius 2 is 1.76 bits per heavy atom. The molecule has 25 heavy (non-hydrogen) atoms. The number of amides is 1. The van der Waals surface area contributed by atoms with Crippen LogP contribution < -0.4 is 10.1 Å². The van der Waals surface area contributed by atoms with E-state index in [1.165, 1.54) is 0 Å². The van der Waals surface area contributed by atoms with E-state index in [0.29, 0.717) is 18.7 Å². The van der Waals surface area contributed by atoms with E-state index in [1.54, 1.807) is 10.9 Å². The largest absolute Gasteiger partial charge is 0.494 e. The van der Waals surface area contributed by atoms with Gasteiger partial charge >= 0.3 is 0 Å². The molecule has 0 aliphatic carbocycles. The highest BCUT2D eigenvalue weighted by molar-refractivity contribution is 5.95. The van der Waals surface area contributed by atoms with Crippen molar-refractivity contribution in [1.29, 1.82) is 0 Å². The van der Waals surface area contributed by atoms with Crippen LogP contribution in [0.25, 0.3) is 5.69 Å². The van der Waals surface area contributed by atoms with E-state index in [0.717, 1.165) is 23.6 Å². The summed E-state index contributed by atoms with van der Waals surface area (Å²) in [6.07, 6.45) is 2.35. The van der Waals surface area contributed by atoms with Gasteiger partial charge in [-0.1, -0.05) is 36.4 Å². The van der Waals surface area contributed by atoms with Crippen LogP contribution in [0.15, 0.2) is 66.9 Å². The number of nitrogens with zero attached hydrogens (tertiary/aromatic N) is 2. The Bertz CT molecular complexity index is 813. The van der Waals surface area contributed by atoms with Crippen molar-refractivity contribution in [3.63, 3.8) is 0 Å². The van der Waals surface area contributed by atoms with Crippen LogP contribution in [-0.2, 0) is 0 Å². The quantitative estimate of drug-likeness (QED) is 0.674. The lowest BCUT2D eigenvalue weighted by molar-refractivity contribution is 0.0951. The van der Waals surface area contributed by atoms with Crippen LogP contribution in [0.1, 0.15) is 22.5 Å². The lowest BCUT2D eigenvalue weighted by Crippen LogP contribution is -2.26. The molecule has 0 bridgehead atoms. The van der Waals surface area contributed by atoms with E-state index < -0.39 is 0 Å². The van der Waals surface area contributed by atoms with Gasteiger partial charge in [0, 0.05) is 6.54 Å². The summed E-state index contributed by atoms with van der Waals surface area (Å²) in [4.78, 5) is 12.3. The van der Waals surface area contributed by atoms with Gasteiger partial charge in [-0.3, -0.25) is 4.79 Å². The second-order valence-corrected chi connectivity index (χ2v) is 5.66. The number of benzene rings is 2. The Hall–Kier alpha value is -3.08. The molecule has 5 heteroatoms. The van der Waals surface area contributed by atoms with Gasteiger partial charge in [-0.05, 0) is 37.6 Å². The fraction of sp³-hybridized carbons (Fsp3) is 0.200. The second kappa shape index (κ2) is 8.15. The van der Waals surface area contributed by atoms with E-state index in [-0.39, 0.29) is 5.91 Å². The topological polar surface area (TPSA) is 56.1 Å². The van der Waals surface area contributed by atoms with Crippen LogP contribution >= 0.6 is 0 Å². The van der Waals surface area contributed by atoms with Gasteiger partial charge in [0.05, 0.1) is 29.7 Å². The normalized spacial score (nSPS) is 10.4. The summed E-state index contributed by atoms with van der Waals surface area (Å²) in [7, 11) is 0. The van der Waals surface area contributed by atoms with Crippen molar-refractivity contribution in [1.82, 2.24) is 15.1 Å². The standard InChI is InChI=1S/C20H21N3O2/c1-16-19(15-22-23(16)17-9-4-2-5-10-17)20(24)21-13-8-14-25-18-11-6-3-7-12-18/h2-7,9-12,15H,8,13-14H2,1H3,(H,21,24). The zero-order valence-corrected chi connectivity index (χ0v) is 14.2. The number of carbonyl (C=O) groups excluding carboxylic acids is 1.